The lowest BCUT2D eigenvalue weighted by Crippen LogP contribution is -2.46. The molecule has 19 heavy (non-hydrogen) atoms. The number of nitrogens with one attached hydrogen (secondary N) is 1. The van der Waals surface area contributed by atoms with Crippen LogP contribution in [0.3, 0.4) is 0 Å². The van der Waals surface area contributed by atoms with Crippen molar-refractivity contribution in [2.75, 3.05) is 13.1 Å². The highest BCUT2D eigenvalue weighted by atomic mass is 16.4. The molecule has 0 bridgehead atoms. The molecule has 3 atom stereocenters. The number of carboxylic acids is 1. The number of nitrogens with zero attached hydrogens (tertiary/aromatic N) is 1. The van der Waals surface area contributed by atoms with Crippen molar-refractivity contribution in [1.29, 1.82) is 0 Å². The van der Waals surface area contributed by atoms with Crippen molar-refractivity contribution in [3.8, 4) is 0 Å². The van der Waals surface area contributed by atoms with Crippen LogP contribution in [0.5, 0.6) is 0 Å². The van der Waals surface area contributed by atoms with E-state index in [0.29, 0.717) is 19.5 Å². The summed E-state index contributed by atoms with van der Waals surface area (Å²) in [7, 11) is 0. The van der Waals surface area contributed by atoms with Gasteiger partial charge in [-0.05, 0) is 18.8 Å². The number of aliphatic carboxylic acids is 1. The van der Waals surface area contributed by atoms with Crippen molar-refractivity contribution < 1.29 is 19.5 Å². The summed E-state index contributed by atoms with van der Waals surface area (Å²) < 4.78 is 0. The van der Waals surface area contributed by atoms with Crippen LogP contribution >= 0.6 is 0 Å². The summed E-state index contributed by atoms with van der Waals surface area (Å²) in [6.07, 6.45) is 0.701. The van der Waals surface area contributed by atoms with Gasteiger partial charge in [0.2, 0.25) is 11.8 Å². The van der Waals surface area contributed by atoms with Gasteiger partial charge in [-0.3, -0.25) is 14.4 Å². The summed E-state index contributed by atoms with van der Waals surface area (Å²) >= 11 is 0. The highest BCUT2D eigenvalue weighted by Crippen LogP contribution is 2.59. The first-order chi connectivity index (χ1) is 8.78. The van der Waals surface area contributed by atoms with Gasteiger partial charge >= 0.3 is 5.97 Å². The molecule has 1 saturated heterocycles. The highest BCUT2D eigenvalue weighted by Gasteiger charge is 2.66. The lowest BCUT2D eigenvalue weighted by Gasteiger charge is -2.26. The van der Waals surface area contributed by atoms with Gasteiger partial charge in [-0.2, -0.15) is 0 Å². The van der Waals surface area contributed by atoms with Crippen LogP contribution in [0.25, 0.3) is 0 Å². The average Bonchev–Trinajstić information content (AvgIpc) is 2.93. The van der Waals surface area contributed by atoms with Crippen LogP contribution in [0.15, 0.2) is 0 Å². The Morgan fingerprint density at radius 3 is 2.53 bits per heavy atom. The van der Waals surface area contributed by atoms with E-state index in [-0.39, 0.29) is 11.8 Å². The Bertz CT molecular complexity index is 432. The van der Waals surface area contributed by atoms with Crippen molar-refractivity contribution in [2.24, 2.45) is 17.3 Å². The minimum Gasteiger partial charge on any atom is -0.481 e. The Balaban J connectivity index is 2.16. The van der Waals surface area contributed by atoms with E-state index in [0.717, 1.165) is 0 Å². The zero-order valence-electron chi connectivity index (χ0n) is 11.5. The number of hydrogen-bond acceptors (Lipinski definition) is 3. The number of amides is 2. The Morgan fingerprint density at radius 1 is 1.37 bits per heavy atom. The maximum absolute atomic E-state index is 12.5. The Hall–Kier alpha value is -1.59. The molecule has 106 valence electrons. The number of carbonyl (C=O) groups is 3. The maximum atomic E-state index is 12.5. The fourth-order valence-electron chi connectivity index (χ4n) is 2.98. The molecule has 0 aromatic carbocycles. The van der Waals surface area contributed by atoms with Crippen molar-refractivity contribution in [3.63, 3.8) is 0 Å². The van der Waals surface area contributed by atoms with Gasteiger partial charge in [0.15, 0.2) is 0 Å². The molecule has 1 unspecified atom stereocenters. The molecule has 1 aliphatic heterocycles. The van der Waals surface area contributed by atoms with E-state index in [1.165, 1.54) is 4.90 Å². The molecule has 1 heterocycles. The largest absolute Gasteiger partial charge is 0.481 e. The van der Waals surface area contributed by atoms with Gasteiger partial charge in [-0.1, -0.05) is 13.8 Å². The molecule has 0 spiro atoms. The molecule has 0 radical (unpaired) electrons. The molecule has 2 amide bonds. The van der Waals surface area contributed by atoms with Gasteiger partial charge < -0.3 is 15.3 Å². The molecule has 2 rings (SSSR count). The van der Waals surface area contributed by atoms with E-state index in [1.54, 1.807) is 20.8 Å². The topological polar surface area (TPSA) is 86.7 Å². The molecular weight excluding hydrogens is 248 g/mol. The van der Waals surface area contributed by atoms with Gasteiger partial charge in [-0.15, -0.1) is 0 Å². The lowest BCUT2D eigenvalue weighted by molar-refractivity contribution is -0.143. The van der Waals surface area contributed by atoms with Gasteiger partial charge in [0.1, 0.15) is 6.04 Å². The minimum absolute atomic E-state index is 0.170. The van der Waals surface area contributed by atoms with Crippen LogP contribution in [-0.2, 0) is 14.4 Å². The zero-order valence-corrected chi connectivity index (χ0v) is 11.5. The SMILES string of the molecule is CC1C(=O)NCCCN1C(=O)[C@@H]1[C@H](C(=O)O)C1(C)C. The normalized spacial score (nSPS) is 33.3. The predicted molar refractivity (Wildman–Crippen MR) is 67.2 cm³/mol. The zero-order chi connectivity index (χ0) is 14.4. The molecule has 6 heteroatoms. The van der Waals surface area contributed by atoms with Gasteiger partial charge in [0.25, 0.3) is 0 Å². The van der Waals surface area contributed by atoms with Crippen LogP contribution in [0.1, 0.15) is 27.2 Å². The third-order valence-electron chi connectivity index (χ3n) is 4.36. The fraction of sp³-hybridized carbons (Fsp3) is 0.769. The molecule has 1 aliphatic carbocycles. The summed E-state index contributed by atoms with van der Waals surface area (Å²) in [5, 5.41) is 11.9. The summed E-state index contributed by atoms with van der Waals surface area (Å²) in [5.74, 6) is -2.47. The van der Waals surface area contributed by atoms with E-state index < -0.39 is 29.3 Å². The van der Waals surface area contributed by atoms with Gasteiger partial charge in [0, 0.05) is 13.1 Å². The monoisotopic (exact) mass is 268 g/mol. The molecule has 2 N–H and O–H groups in total. The summed E-state index contributed by atoms with van der Waals surface area (Å²) in [4.78, 5) is 36.9. The molecular formula is C13H20N2O4. The van der Waals surface area contributed by atoms with Crippen molar-refractivity contribution in [2.45, 2.75) is 33.2 Å². The number of rotatable bonds is 2. The van der Waals surface area contributed by atoms with E-state index >= 15 is 0 Å². The maximum Gasteiger partial charge on any atom is 0.307 e. The molecule has 2 fully saturated rings. The van der Waals surface area contributed by atoms with E-state index in [1.807, 2.05) is 0 Å². The van der Waals surface area contributed by atoms with E-state index in [2.05, 4.69) is 5.32 Å². The smallest absolute Gasteiger partial charge is 0.307 e. The standard InChI is InChI=1S/C13H20N2O4/c1-7-10(16)14-5-4-6-15(7)11(17)8-9(12(18)19)13(8,2)3/h7-9H,4-6H2,1-3H3,(H,14,16)(H,18,19)/t7?,8-,9+/m0/s1. The van der Waals surface area contributed by atoms with Crippen LogP contribution in [0.2, 0.25) is 0 Å². The van der Waals surface area contributed by atoms with Crippen molar-refractivity contribution in [1.82, 2.24) is 10.2 Å². The fourth-order valence-corrected chi connectivity index (χ4v) is 2.98. The van der Waals surface area contributed by atoms with Crippen LogP contribution in [0, 0.1) is 17.3 Å². The predicted octanol–water partition coefficient (Wildman–Crippen LogP) is 0.0802. The first kappa shape index (κ1) is 13.8. The molecule has 2 aliphatic rings. The third-order valence-corrected chi connectivity index (χ3v) is 4.36. The van der Waals surface area contributed by atoms with E-state index in [4.69, 9.17) is 5.11 Å². The van der Waals surface area contributed by atoms with Crippen LogP contribution < -0.4 is 5.32 Å². The second-order valence-electron chi connectivity index (χ2n) is 5.97. The minimum atomic E-state index is -0.935. The van der Waals surface area contributed by atoms with Gasteiger partial charge in [-0.25, -0.2) is 0 Å². The molecule has 1 saturated carbocycles. The molecule has 0 aromatic rings. The second-order valence-corrected chi connectivity index (χ2v) is 5.97. The molecule has 6 nitrogen and oxygen atoms in total. The average molecular weight is 268 g/mol. The Labute approximate surface area is 112 Å². The van der Waals surface area contributed by atoms with Crippen molar-refractivity contribution in [3.05, 3.63) is 0 Å². The van der Waals surface area contributed by atoms with E-state index in [9.17, 15) is 14.4 Å². The lowest BCUT2D eigenvalue weighted by atomic mass is 10.1. The number of carboxylic acid groups (broad SMARTS) is 1. The summed E-state index contributed by atoms with van der Waals surface area (Å²) in [6, 6.07) is -0.527. The second kappa shape index (κ2) is 4.51. The first-order valence-corrected chi connectivity index (χ1v) is 6.59. The molecule has 0 aromatic heterocycles. The van der Waals surface area contributed by atoms with Gasteiger partial charge in [0.05, 0.1) is 11.8 Å². The number of hydrogen-bond donors (Lipinski definition) is 2. The van der Waals surface area contributed by atoms with Crippen molar-refractivity contribution >= 4 is 17.8 Å². The number of carbonyl (C=O) groups excluding carboxylic acids is 2. The third kappa shape index (κ3) is 2.19. The first-order valence-electron chi connectivity index (χ1n) is 6.59. The van der Waals surface area contributed by atoms with Crippen LogP contribution in [-0.4, -0.2) is 46.9 Å². The highest BCUT2D eigenvalue weighted by molar-refractivity contribution is 5.94. The quantitative estimate of drug-likeness (QED) is 0.742. The Kier molecular flexibility index (Phi) is 3.28. The van der Waals surface area contributed by atoms with Crippen LogP contribution in [0.4, 0.5) is 0 Å². The Morgan fingerprint density at radius 2 is 2.00 bits per heavy atom. The summed E-state index contributed by atoms with van der Waals surface area (Å²) in [5.41, 5.74) is -0.522. The summed E-state index contributed by atoms with van der Waals surface area (Å²) in [6.45, 7) is 6.32.